The van der Waals surface area contributed by atoms with Crippen LogP contribution in [0.15, 0.2) is 24.3 Å². The molecule has 18 heavy (non-hydrogen) atoms. The van der Waals surface area contributed by atoms with Gasteiger partial charge < -0.3 is 0 Å². The molecular formula is C16H22N2. The molecule has 2 saturated carbocycles. The molecule has 2 heteroatoms. The Bertz CT molecular complexity index is 452. The Labute approximate surface area is 109 Å². The Morgan fingerprint density at radius 2 is 2.00 bits per heavy atom. The van der Waals surface area contributed by atoms with E-state index in [9.17, 15) is 0 Å². The van der Waals surface area contributed by atoms with Crippen molar-refractivity contribution in [1.82, 2.24) is 5.43 Å². The highest BCUT2D eigenvalue weighted by Gasteiger charge is 2.57. The first kappa shape index (κ1) is 11.0. The third-order valence-corrected chi connectivity index (χ3v) is 5.66. The predicted octanol–water partition coefficient (Wildman–Crippen LogP) is 2.59. The minimum atomic E-state index is 0.569. The summed E-state index contributed by atoms with van der Waals surface area (Å²) in [4.78, 5) is 0. The smallest absolute Gasteiger partial charge is 0.0275 e. The molecule has 0 saturated heterocycles. The summed E-state index contributed by atoms with van der Waals surface area (Å²) in [5, 5.41) is 0. The molecule has 3 aliphatic carbocycles. The molecule has 2 nitrogen and oxygen atoms in total. The quantitative estimate of drug-likeness (QED) is 0.631. The SMILES string of the molecule is NNC(C1CCC1)C1C2CCc3ccccc3C21. The number of hydrogen-bond acceptors (Lipinski definition) is 2. The van der Waals surface area contributed by atoms with Crippen molar-refractivity contribution in [1.29, 1.82) is 0 Å². The number of nitrogens with one attached hydrogen (secondary N) is 1. The topological polar surface area (TPSA) is 38.0 Å². The number of hydrazine groups is 1. The molecule has 0 aromatic heterocycles. The number of aryl methyl sites for hydroxylation is 1. The number of rotatable bonds is 3. The van der Waals surface area contributed by atoms with Crippen molar-refractivity contribution in [3.05, 3.63) is 35.4 Å². The Hall–Kier alpha value is -0.860. The zero-order valence-electron chi connectivity index (χ0n) is 10.8. The molecule has 0 heterocycles. The normalized spacial score (nSPS) is 35.3. The van der Waals surface area contributed by atoms with Crippen LogP contribution in [0.5, 0.6) is 0 Å². The van der Waals surface area contributed by atoms with Crippen molar-refractivity contribution >= 4 is 0 Å². The fourth-order valence-electron chi connectivity index (χ4n) is 4.47. The zero-order valence-corrected chi connectivity index (χ0v) is 10.8. The highest BCUT2D eigenvalue weighted by Crippen LogP contribution is 2.62. The van der Waals surface area contributed by atoms with Crippen LogP contribution in [0.25, 0.3) is 0 Å². The van der Waals surface area contributed by atoms with Gasteiger partial charge in [-0.25, -0.2) is 0 Å². The van der Waals surface area contributed by atoms with Crippen LogP contribution in [0.4, 0.5) is 0 Å². The number of nitrogens with two attached hydrogens (primary N) is 1. The van der Waals surface area contributed by atoms with Crippen molar-refractivity contribution in [2.24, 2.45) is 23.6 Å². The van der Waals surface area contributed by atoms with Crippen LogP contribution in [0.1, 0.15) is 42.7 Å². The minimum absolute atomic E-state index is 0.569. The van der Waals surface area contributed by atoms with Crippen LogP contribution < -0.4 is 11.3 Å². The Balaban J connectivity index is 1.60. The second-order valence-corrected chi connectivity index (χ2v) is 6.39. The molecule has 96 valence electrons. The van der Waals surface area contributed by atoms with E-state index in [4.69, 9.17) is 5.84 Å². The summed E-state index contributed by atoms with van der Waals surface area (Å²) >= 11 is 0. The van der Waals surface area contributed by atoms with Gasteiger partial charge in [0, 0.05) is 6.04 Å². The lowest BCUT2D eigenvalue weighted by Crippen LogP contribution is -2.45. The first-order valence-corrected chi connectivity index (χ1v) is 7.44. The number of fused-ring (bicyclic) bond motifs is 3. The predicted molar refractivity (Wildman–Crippen MR) is 72.9 cm³/mol. The van der Waals surface area contributed by atoms with Gasteiger partial charge in [0.1, 0.15) is 0 Å². The summed E-state index contributed by atoms with van der Waals surface area (Å²) in [6.07, 6.45) is 6.81. The molecule has 0 radical (unpaired) electrons. The highest BCUT2D eigenvalue weighted by molar-refractivity contribution is 5.40. The van der Waals surface area contributed by atoms with Gasteiger partial charge in [-0.3, -0.25) is 11.3 Å². The minimum Gasteiger partial charge on any atom is -0.271 e. The van der Waals surface area contributed by atoms with Crippen LogP contribution in [0.2, 0.25) is 0 Å². The molecule has 3 aliphatic rings. The first-order chi connectivity index (χ1) is 8.90. The van der Waals surface area contributed by atoms with E-state index < -0.39 is 0 Å². The summed E-state index contributed by atoms with van der Waals surface area (Å²) in [7, 11) is 0. The molecule has 0 bridgehead atoms. The van der Waals surface area contributed by atoms with Gasteiger partial charge in [-0.2, -0.15) is 0 Å². The van der Waals surface area contributed by atoms with Gasteiger partial charge in [-0.05, 0) is 60.5 Å². The largest absolute Gasteiger partial charge is 0.271 e. The maximum atomic E-state index is 5.85. The van der Waals surface area contributed by atoms with Crippen molar-refractivity contribution in [3.63, 3.8) is 0 Å². The molecule has 0 aliphatic heterocycles. The van der Waals surface area contributed by atoms with E-state index in [-0.39, 0.29) is 0 Å². The molecule has 1 aromatic carbocycles. The van der Waals surface area contributed by atoms with Crippen LogP contribution in [0, 0.1) is 17.8 Å². The van der Waals surface area contributed by atoms with E-state index in [0.29, 0.717) is 6.04 Å². The zero-order chi connectivity index (χ0) is 12.1. The van der Waals surface area contributed by atoms with Crippen LogP contribution in [0.3, 0.4) is 0 Å². The Morgan fingerprint density at radius 3 is 2.72 bits per heavy atom. The van der Waals surface area contributed by atoms with E-state index in [1.807, 2.05) is 0 Å². The van der Waals surface area contributed by atoms with E-state index in [2.05, 4.69) is 29.7 Å². The number of benzene rings is 1. The Kier molecular flexibility index (Phi) is 2.49. The molecule has 0 spiro atoms. The lowest BCUT2D eigenvalue weighted by molar-refractivity contribution is 0.204. The second kappa shape index (κ2) is 4.07. The van der Waals surface area contributed by atoms with Crippen LogP contribution in [-0.2, 0) is 6.42 Å². The summed E-state index contributed by atoms with van der Waals surface area (Å²) in [6, 6.07) is 9.61. The monoisotopic (exact) mass is 242 g/mol. The first-order valence-electron chi connectivity index (χ1n) is 7.44. The summed E-state index contributed by atoms with van der Waals surface area (Å²) < 4.78 is 0. The molecule has 3 N–H and O–H groups in total. The maximum absolute atomic E-state index is 5.85. The number of hydrogen-bond donors (Lipinski definition) is 2. The van der Waals surface area contributed by atoms with E-state index in [1.165, 1.54) is 32.1 Å². The average Bonchev–Trinajstić information content (AvgIpc) is 3.08. The van der Waals surface area contributed by atoms with Crippen molar-refractivity contribution in [2.75, 3.05) is 0 Å². The molecule has 2 fully saturated rings. The van der Waals surface area contributed by atoms with E-state index >= 15 is 0 Å². The third kappa shape index (κ3) is 1.49. The third-order valence-electron chi connectivity index (χ3n) is 5.66. The fourth-order valence-corrected chi connectivity index (χ4v) is 4.47. The van der Waals surface area contributed by atoms with Crippen molar-refractivity contribution in [2.45, 2.75) is 44.1 Å². The fraction of sp³-hybridized carbons (Fsp3) is 0.625. The molecule has 4 unspecified atom stereocenters. The van der Waals surface area contributed by atoms with Gasteiger partial charge in [-0.15, -0.1) is 0 Å². The second-order valence-electron chi connectivity index (χ2n) is 6.39. The van der Waals surface area contributed by atoms with Gasteiger partial charge in [0.05, 0.1) is 0 Å². The highest BCUT2D eigenvalue weighted by atomic mass is 15.2. The molecule has 4 rings (SSSR count). The summed E-state index contributed by atoms with van der Waals surface area (Å²) in [6.45, 7) is 0. The van der Waals surface area contributed by atoms with Gasteiger partial charge in [-0.1, -0.05) is 30.7 Å². The van der Waals surface area contributed by atoms with Gasteiger partial charge >= 0.3 is 0 Å². The standard InChI is InChI=1S/C16H22N2/c17-18-16(11-5-3-6-11)15-13-9-8-10-4-1-2-7-12(10)14(13)15/h1-2,4,7,11,13-16,18H,3,5-6,8-9,17H2. The molecule has 0 amide bonds. The molecule has 1 aromatic rings. The van der Waals surface area contributed by atoms with E-state index in [1.54, 1.807) is 11.1 Å². The lowest BCUT2D eigenvalue weighted by Gasteiger charge is -2.34. The van der Waals surface area contributed by atoms with Gasteiger partial charge in [0.15, 0.2) is 0 Å². The average molecular weight is 242 g/mol. The van der Waals surface area contributed by atoms with Crippen molar-refractivity contribution < 1.29 is 0 Å². The van der Waals surface area contributed by atoms with E-state index in [0.717, 1.165) is 23.7 Å². The van der Waals surface area contributed by atoms with Crippen LogP contribution >= 0.6 is 0 Å². The van der Waals surface area contributed by atoms with Crippen LogP contribution in [-0.4, -0.2) is 6.04 Å². The Morgan fingerprint density at radius 1 is 1.17 bits per heavy atom. The lowest BCUT2D eigenvalue weighted by atomic mass is 9.77. The molecule has 4 atom stereocenters. The van der Waals surface area contributed by atoms with Gasteiger partial charge in [0.2, 0.25) is 0 Å². The van der Waals surface area contributed by atoms with Gasteiger partial charge in [0.25, 0.3) is 0 Å². The van der Waals surface area contributed by atoms with Crippen molar-refractivity contribution in [3.8, 4) is 0 Å². The summed E-state index contributed by atoms with van der Waals surface area (Å²) in [5.74, 6) is 9.21. The maximum Gasteiger partial charge on any atom is 0.0275 e. The summed E-state index contributed by atoms with van der Waals surface area (Å²) in [5.41, 5.74) is 6.37. The molecular weight excluding hydrogens is 220 g/mol.